The van der Waals surface area contributed by atoms with Crippen LogP contribution in [0.3, 0.4) is 0 Å². The Balaban J connectivity index is 1.95. The summed E-state index contributed by atoms with van der Waals surface area (Å²) in [5.74, 6) is 0.577. The third kappa shape index (κ3) is 3.07. The number of nitro groups is 1. The van der Waals surface area contributed by atoms with Crippen LogP contribution in [0.1, 0.15) is 0 Å². The maximum Gasteiger partial charge on any atom is 0.270 e. The fourth-order valence-corrected chi connectivity index (χ4v) is 1.88. The minimum absolute atomic E-state index is 0.0290. The predicted molar refractivity (Wildman–Crippen MR) is 68.5 cm³/mol. The van der Waals surface area contributed by atoms with Crippen molar-refractivity contribution in [2.75, 3.05) is 6.61 Å². The SMILES string of the molecule is O=[N+]([O-])c1ccc(OCCn2cccn2)c(Br)c1. The average molecular weight is 312 g/mol. The molecule has 2 aromatic rings. The lowest BCUT2D eigenvalue weighted by molar-refractivity contribution is -0.385. The molecule has 0 aliphatic rings. The lowest BCUT2D eigenvalue weighted by Crippen LogP contribution is -2.08. The van der Waals surface area contributed by atoms with Gasteiger partial charge in [0.15, 0.2) is 0 Å². The molecule has 0 radical (unpaired) electrons. The summed E-state index contributed by atoms with van der Waals surface area (Å²) in [5, 5.41) is 14.6. The lowest BCUT2D eigenvalue weighted by Gasteiger charge is -2.07. The van der Waals surface area contributed by atoms with Crippen LogP contribution >= 0.6 is 15.9 Å². The first-order chi connectivity index (χ1) is 8.66. The number of aromatic nitrogens is 2. The summed E-state index contributed by atoms with van der Waals surface area (Å²) in [6.45, 7) is 1.06. The third-order valence-electron chi connectivity index (χ3n) is 2.26. The highest BCUT2D eigenvalue weighted by atomic mass is 79.9. The van der Waals surface area contributed by atoms with Crippen molar-refractivity contribution in [1.29, 1.82) is 0 Å². The van der Waals surface area contributed by atoms with Gasteiger partial charge >= 0.3 is 0 Å². The Morgan fingerprint density at radius 1 is 1.50 bits per heavy atom. The van der Waals surface area contributed by atoms with E-state index in [1.165, 1.54) is 12.1 Å². The molecule has 7 heteroatoms. The summed E-state index contributed by atoms with van der Waals surface area (Å²) in [4.78, 5) is 10.1. The number of benzene rings is 1. The molecule has 0 fully saturated rings. The molecule has 0 bridgehead atoms. The molecule has 0 aliphatic carbocycles. The molecule has 0 saturated carbocycles. The maximum atomic E-state index is 10.6. The second-order valence-electron chi connectivity index (χ2n) is 3.49. The maximum absolute atomic E-state index is 10.6. The highest BCUT2D eigenvalue weighted by molar-refractivity contribution is 9.10. The van der Waals surface area contributed by atoms with Crippen LogP contribution in [0.5, 0.6) is 5.75 Å². The molecule has 6 nitrogen and oxygen atoms in total. The van der Waals surface area contributed by atoms with Crippen LogP contribution in [0, 0.1) is 10.1 Å². The van der Waals surface area contributed by atoms with Gasteiger partial charge in [-0.3, -0.25) is 14.8 Å². The van der Waals surface area contributed by atoms with Crippen LogP contribution in [0.15, 0.2) is 41.1 Å². The molecule has 0 saturated heterocycles. The fraction of sp³-hybridized carbons (Fsp3) is 0.182. The minimum atomic E-state index is -0.446. The van der Waals surface area contributed by atoms with Crippen molar-refractivity contribution in [2.24, 2.45) is 0 Å². The van der Waals surface area contributed by atoms with E-state index in [1.54, 1.807) is 16.9 Å². The van der Waals surface area contributed by atoms with E-state index in [0.29, 0.717) is 23.4 Å². The van der Waals surface area contributed by atoms with E-state index in [9.17, 15) is 10.1 Å². The topological polar surface area (TPSA) is 70.2 Å². The highest BCUT2D eigenvalue weighted by Crippen LogP contribution is 2.28. The largest absolute Gasteiger partial charge is 0.490 e. The molecule has 0 atom stereocenters. The van der Waals surface area contributed by atoms with Gasteiger partial charge in [-0.05, 0) is 28.1 Å². The molecule has 1 aromatic heterocycles. The van der Waals surface area contributed by atoms with Crippen molar-refractivity contribution >= 4 is 21.6 Å². The number of nitro benzene ring substituents is 1. The summed E-state index contributed by atoms with van der Waals surface area (Å²) in [6, 6.07) is 6.24. The molecule has 1 heterocycles. The summed E-state index contributed by atoms with van der Waals surface area (Å²) in [5.41, 5.74) is 0.0290. The first-order valence-electron chi connectivity index (χ1n) is 5.21. The van der Waals surface area contributed by atoms with Gasteiger partial charge in [-0.25, -0.2) is 0 Å². The molecule has 0 amide bonds. The first-order valence-corrected chi connectivity index (χ1v) is 6.00. The van der Waals surface area contributed by atoms with Gasteiger partial charge < -0.3 is 4.74 Å². The predicted octanol–water partition coefficient (Wildman–Crippen LogP) is 2.63. The molecule has 0 spiro atoms. The number of rotatable bonds is 5. The van der Waals surface area contributed by atoms with Crippen molar-refractivity contribution < 1.29 is 9.66 Å². The van der Waals surface area contributed by atoms with Gasteiger partial charge in [0.05, 0.1) is 15.9 Å². The lowest BCUT2D eigenvalue weighted by atomic mass is 10.3. The van der Waals surface area contributed by atoms with Crippen LogP contribution in [-0.4, -0.2) is 21.3 Å². The van der Waals surface area contributed by atoms with E-state index in [0.717, 1.165) is 0 Å². The fourth-order valence-electron chi connectivity index (χ4n) is 1.40. The van der Waals surface area contributed by atoms with E-state index in [1.807, 2.05) is 12.3 Å². The zero-order valence-corrected chi connectivity index (χ0v) is 10.9. The number of hydrogen-bond acceptors (Lipinski definition) is 4. The Labute approximate surface area is 111 Å². The number of non-ortho nitro benzene ring substituents is 1. The van der Waals surface area contributed by atoms with Gasteiger partial charge in [0, 0.05) is 24.5 Å². The number of ether oxygens (including phenoxy) is 1. The van der Waals surface area contributed by atoms with Gasteiger partial charge in [-0.2, -0.15) is 5.10 Å². The van der Waals surface area contributed by atoms with E-state index < -0.39 is 4.92 Å². The Hall–Kier alpha value is -1.89. The smallest absolute Gasteiger partial charge is 0.270 e. The molecule has 0 unspecified atom stereocenters. The number of halogens is 1. The quantitative estimate of drug-likeness (QED) is 0.628. The Bertz CT molecular complexity index is 542. The van der Waals surface area contributed by atoms with Crippen LogP contribution < -0.4 is 4.74 Å². The molecule has 0 aliphatic heterocycles. The van der Waals surface area contributed by atoms with Crippen molar-refractivity contribution in [2.45, 2.75) is 6.54 Å². The van der Waals surface area contributed by atoms with E-state index >= 15 is 0 Å². The summed E-state index contributed by atoms with van der Waals surface area (Å²) in [7, 11) is 0. The Morgan fingerprint density at radius 3 is 2.94 bits per heavy atom. The van der Waals surface area contributed by atoms with Gasteiger partial charge in [-0.1, -0.05) is 0 Å². The van der Waals surface area contributed by atoms with Gasteiger partial charge in [-0.15, -0.1) is 0 Å². The van der Waals surface area contributed by atoms with Gasteiger partial charge in [0.2, 0.25) is 0 Å². The van der Waals surface area contributed by atoms with Crippen LogP contribution in [0.25, 0.3) is 0 Å². The van der Waals surface area contributed by atoms with Crippen LogP contribution in [-0.2, 0) is 6.54 Å². The molecule has 94 valence electrons. The second kappa shape index (κ2) is 5.63. The number of hydrogen-bond donors (Lipinski definition) is 0. The minimum Gasteiger partial charge on any atom is -0.490 e. The van der Waals surface area contributed by atoms with Crippen LogP contribution in [0.2, 0.25) is 0 Å². The molecule has 2 rings (SSSR count). The molecule has 0 N–H and O–H groups in total. The zero-order chi connectivity index (χ0) is 13.0. The van der Waals surface area contributed by atoms with Crippen molar-refractivity contribution in [3.63, 3.8) is 0 Å². The molecule has 1 aromatic carbocycles. The third-order valence-corrected chi connectivity index (χ3v) is 2.88. The number of nitrogens with zero attached hydrogens (tertiary/aromatic N) is 3. The molecule has 18 heavy (non-hydrogen) atoms. The molecular formula is C11H10BrN3O3. The van der Waals surface area contributed by atoms with Gasteiger partial charge in [0.1, 0.15) is 12.4 Å². The second-order valence-corrected chi connectivity index (χ2v) is 4.34. The van der Waals surface area contributed by atoms with Gasteiger partial charge in [0.25, 0.3) is 5.69 Å². The summed E-state index contributed by atoms with van der Waals surface area (Å²) in [6.07, 6.45) is 3.54. The van der Waals surface area contributed by atoms with Crippen molar-refractivity contribution in [3.8, 4) is 5.75 Å². The Morgan fingerprint density at radius 2 is 2.33 bits per heavy atom. The van der Waals surface area contributed by atoms with E-state index in [-0.39, 0.29) is 5.69 Å². The Kier molecular flexibility index (Phi) is 3.93. The molecular weight excluding hydrogens is 302 g/mol. The monoisotopic (exact) mass is 311 g/mol. The average Bonchev–Trinajstić information content (AvgIpc) is 2.84. The van der Waals surface area contributed by atoms with E-state index in [4.69, 9.17) is 4.74 Å². The normalized spacial score (nSPS) is 10.3. The zero-order valence-electron chi connectivity index (χ0n) is 9.32. The highest BCUT2D eigenvalue weighted by Gasteiger charge is 2.09. The van der Waals surface area contributed by atoms with Crippen molar-refractivity contribution in [1.82, 2.24) is 9.78 Å². The first kappa shape index (κ1) is 12.6. The summed E-state index contributed by atoms with van der Waals surface area (Å²) < 4.78 is 7.83. The summed E-state index contributed by atoms with van der Waals surface area (Å²) >= 11 is 3.24. The van der Waals surface area contributed by atoms with E-state index in [2.05, 4.69) is 21.0 Å². The van der Waals surface area contributed by atoms with Crippen molar-refractivity contribution in [3.05, 3.63) is 51.2 Å². The van der Waals surface area contributed by atoms with Crippen LogP contribution in [0.4, 0.5) is 5.69 Å². The standard InChI is InChI=1S/C11H10BrN3O3/c12-10-8-9(15(16)17)2-3-11(10)18-7-6-14-5-1-4-13-14/h1-5,8H,6-7H2.